The molecule has 0 amide bonds. The molecule has 2 rings (SSSR count). The van der Waals surface area contributed by atoms with Crippen LogP contribution in [0.4, 0.5) is 5.82 Å². The van der Waals surface area contributed by atoms with E-state index in [0.29, 0.717) is 10.3 Å². The Morgan fingerprint density at radius 2 is 2.17 bits per heavy atom. The zero-order chi connectivity index (χ0) is 13.2. The summed E-state index contributed by atoms with van der Waals surface area (Å²) in [5.41, 5.74) is 0.275. The van der Waals surface area contributed by atoms with Crippen molar-refractivity contribution in [3.05, 3.63) is 11.2 Å². The lowest BCUT2D eigenvalue weighted by atomic mass is 9.75. The van der Waals surface area contributed by atoms with Crippen LogP contribution in [0.3, 0.4) is 0 Å². The first-order chi connectivity index (χ1) is 8.55. The topological polar surface area (TPSA) is 41.1 Å². The highest BCUT2D eigenvalue weighted by atomic mass is 35.5. The fourth-order valence-corrected chi connectivity index (χ4v) is 2.81. The van der Waals surface area contributed by atoms with Crippen molar-refractivity contribution < 1.29 is 0 Å². The van der Waals surface area contributed by atoms with Gasteiger partial charge in [0.2, 0.25) is 0 Å². The highest BCUT2D eigenvalue weighted by molar-refractivity contribution is 7.98. The van der Waals surface area contributed by atoms with Gasteiger partial charge in [0.1, 0.15) is 11.0 Å². The average molecular weight is 287 g/mol. The fourth-order valence-electron chi connectivity index (χ4n) is 2.20. The van der Waals surface area contributed by atoms with Gasteiger partial charge in [0.25, 0.3) is 0 Å². The summed E-state index contributed by atoms with van der Waals surface area (Å²) >= 11 is 7.47. The van der Waals surface area contributed by atoms with Crippen molar-refractivity contribution in [2.24, 2.45) is 0 Å². The Labute approximate surface area is 118 Å². The molecule has 1 aromatic rings. The molecule has 1 N–H and O–H groups in total. The molecule has 1 fully saturated rings. The van der Waals surface area contributed by atoms with Gasteiger partial charge in [-0.25, -0.2) is 9.97 Å². The predicted octanol–water partition coefficient (Wildman–Crippen LogP) is 2.75. The van der Waals surface area contributed by atoms with Crippen molar-refractivity contribution in [1.82, 2.24) is 14.9 Å². The summed E-state index contributed by atoms with van der Waals surface area (Å²) in [5.74, 6) is 0.812. The molecule has 1 aliphatic rings. The number of rotatable bonds is 5. The molecule has 4 nitrogen and oxygen atoms in total. The highest BCUT2D eigenvalue weighted by Crippen LogP contribution is 2.36. The number of hydrogen-bond donors (Lipinski definition) is 1. The quantitative estimate of drug-likeness (QED) is 0.512. The standard InChI is InChI=1S/C12H19ClN4S/c1-17(2)12(5-4-6-12)8-14-10-7-9(13)15-11(16-10)18-3/h7H,4-6,8H2,1-3H3,(H,14,15,16). The number of hydrogen-bond acceptors (Lipinski definition) is 5. The van der Waals surface area contributed by atoms with E-state index in [1.807, 2.05) is 6.26 Å². The van der Waals surface area contributed by atoms with Gasteiger partial charge in [-0.05, 0) is 39.6 Å². The van der Waals surface area contributed by atoms with E-state index in [1.165, 1.54) is 31.0 Å². The number of nitrogens with one attached hydrogen (secondary N) is 1. The molecular weight excluding hydrogens is 268 g/mol. The third-order valence-corrected chi connectivity index (χ3v) is 4.43. The van der Waals surface area contributed by atoms with Crippen molar-refractivity contribution in [2.45, 2.75) is 30.0 Å². The smallest absolute Gasteiger partial charge is 0.190 e. The molecule has 18 heavy (non-hydrogen) atoms. The largest absolute Gasteiger partial charge is 0.368 e. The van der Waals surface area contributed by atoms with E-state index >= 15 is 0 Å². The van der Waals surface area contributed by atoms with Crippen LogP contribution in [0, 0.1) is 0 Å². The van der Waals surface area contributed by atoms with E-state index in [2.05, 4.69) is 34.3 Å². The van der Waals surface area contributed by atoms with E-state index in [1.54, 1.807) is 6.07 Å². The van der Waals surface area contributed by atoms with Crippen LogP contribution >= 0.6 is 23.4 Å². The third-order valence-electron chi connectivity index (χ3n) is 3.69. The summed E-state index contributed by atoms with van der Waals surface area (Å²) in [6.07, 6.45) is 5.73. The van der Waals surface area contributed by atoms with Crippen molar-refractivity contribution in [3.8, 4) is 0 Å². The van der Waals surface area contributed by atoms with Crippen LogP contribution in [-0.4, -0.2) is 47.3 Å². The number of thioether (sulfide) groups is 1. The molecule has 0 aromatic carbocycles. The molecule has 0 bridgehead atoms. The van der Waals surface area contributed by atoms with Crippen LogP contribution < -0.4 is 5.32 Å². The first-order valence-electron chi connectivity index (χ1n) is 6.06. The van der Waals surface area contributed by atoms with Gasteiger partial charge in [-0.1, -0.05) is 23.4 Å². The fraction of sp³-hybridized carbons (Fsp3) is 0.667. The maximum Gasteiger partial charge on any atom is 0.190 e. The minimum absolute atomic E-state index is 0.275. The van der Waals surface area contributed by atoms with Crippen LogP contribution in [0.1, 0.15) is 19.3 Å². The molecule has 0 atom stereocenters. The zero-order valence-electron chi connectivity index (χ0n) is 11.0. The second-order valence-corrected chi connectivity index (χ2v) is 6.05. The molecule has 0 saturated heterocycles. The van der Waals surface area contributed by atoms with Gasteiger partial charge in [0.05, 0.1) is 0 Å². The molecule has 6 heteroatoms. The first kappa shape index (κ1) is 13.9. The number of halogens is 1. The Morgan fingerprint density at radius 3 is 2.67 bits per heavy atom. The molecule has 1 saturated carbocycles. The lowest BCUT2D eigenvalue weighted by Gasteiger charge is -2.47. The van der Waals surface area contributed by atoms with Crippen molar-refractivity contribution in [3.63, 3.8) is 0 Å². The van der Waals surface area contributed by atoms with Gasteiger partial charge in [0, 0.05) is 18.2 Å². The minimum Gasteiger partial charge on any atom is -0.368 e. The SMILES string of the molecule is CSc1nc(Cl)cc(NCC2(N(C)C)CCC2)n1. The Hall–Kier alpha value is -0.520. The summed E-state index contributed by atoms with van der Waals surface area (Å²) < 4.78 is 0. The van der Waals surface area contributed by atoms with Crippen LogP contribution in [0.2, 0.25) is 5.15 Å². The molecule has 1 aromatic heterocycles. The second-order valence-electron chi connectivity index (χ2n) is 4.89. The van der Waals surface area contributed by atoms with Gasteiger partial charge in [-0.15, -0.1) is 0 Å². The van der Waals surface area contributed by atoms with Gasteiger partial charge in [0.15, 0.2) is 5.16 Å². The van der Waals surface area contributed by atoms with E-state index in [9.17, 15) is 0 Å². The lowest BCUT2D eigenvalue weighted by molar-refractivity contribution is 0.0738. The van der Waals surface area contributed by atoms with Gasteiger partial charge >= 0.3 is 0 Å². The molecule has 0 aliphatic heterocycles. The Kier molecular flexibility index (Phi) is 4.35. The molecule has 0 unspecified atom stereocenters. The molecular formula is C12H19ClN4S. The van der Waals surface area contributed by atoms with E-state index in [4.69, 9.17) is 11.6 Å². The number of likely N-dealkylation sites (N-methyl/N-ethyl adjacent to an activating group) is 1. The van der Waals surface area contributed by atoms with Crippen molar-refractivity contribution in [1.29, 1.82) is 0 Å². The van der Waals surface area contributed by atoms with E-state index < -0.39 is 0 Å². The molecule has 1 aliphatic carbocycles. The second kappa shape index (κ2) is 5.63. The molecule has 0 spiro atoms. The minimum atomic E-state index is 0.275. The first-order valence-corrected chi connectivity index (χ1v) is 7.66. The summed E-state index contributed by atoms with van der Waals surface area (Å²) in [5, 5.41) is 4.59. The summed E-state index contributed by atoms with van der Waals surface area (Å²) in [6, 6.07) is 1.78. The van der Waals surface area contributed by atoms with E-state index in [-0.39, 0.29) is 5.54 Å². The van der Waals surface area contributed by atoms with Crippen LogP contribution in [0.15, 0.2) is 11.2 Å². The third kappa shape index (κ3) is 2.90. The van der Waals surface area contributed by atoms with Gasteiger partial charge in [-0.2, -0.15) is 0 Å². The van der Waals surface area contributed by atoms with Crippen molar-refractivity contribution >= 4 is 29.2 Å². The van der Waals surface area contributed by atoms with Crippen molar-refractivity contribution in [2.75, 3.05) is 32.2 Å². The molecule has 1 heterocycles. The summed E-state index contributed by atoms with van der Waals surface area (Å²) in [4.78, 5) is 10.9. The van der Waals surface area contributed by atoms with Gasteiger partial charge in [-0.3, -0.25) is 0 Å². The van der Waals surface area contributed by atoms with Crippen LogP contribution in [-0.2, 0) is 0 Å². The summed E-state index contributed by atoms with van der Waals surface area (Å²) in [6.45, 7) is 0.904. The highest BCUT2D eigenvalue weighted by Gasteiger charge is 2.38. The average Bonchev–Trinajstić information content (AvgIpc) is 2.26. The van der Waals surface area contributed by atoms with Crippen LogP contribution in [0.5, 0.6) is 0 Å². The molecule has 0 radical (unpaired) electrons. The number of nitrogens with zero attached hydrogens (tertiary/aromatic N) is 3. The van der Waals surface area contributed by atoms with Crippen LogP contribution in [0.25, 0.3) is 0 Å². The monoisotopic (exact) mass is 286 g/mol. The summed E-state index contributed by atoms with van der Waals surface area (Å²) in [7, 11) is 4.28. The van der Waals surface area contributed by atoms with E-state index in [0.717, 1.165) is 12.4 Å². The Morgan fingerprint density at radius 1 is 1.44 bits per heavy atom. The zero-order valence-corrected chi connectivity index (χ0v) is 12.6. The lowest BCUT2D eigenvalue weighted by Crippen LogP contribution is -2.54. The number of anilines is 1. The van der Waals surface area contributed by atoms with Gasteiger partial charge < -0.3 is 10.2 Å². The number of aromatic nitrogens is 2. The maximum atomic E-state index is 5.97. The predicted molar refractivity (Wildman–Crippen MR) is 77.6 cm³/mol. The Balaban J connectivity index is 2.03. The Bertz CT molecular complexity index is 421. The molecule has 100 valence electrons. The maximum absolute atomic E-state index is 5.97. The normalized spacial score (nSPS) is 17.6.